The lowest BCUT2D eigenvalue weighted by atomic mass is 9.82. The fourth-order valence-corrected chi connectivity index (χ4v) is 4.35. The molecule has 1 unspecified atom stereocenters. The smallest absolute Gasteiger partial charge is 0.181 e. The van der Waals surface area contributed by atoms with Crippen molar-refractivity contribution in [2.75, 3.05) is 0 Å². The van der Waals surface area contributed by atoms with Gasteiger partial charge >= 0.3 is 0 Å². The molecule has 1 aromatic heterocycles. The third kappa shape index (κ3) is 2.89. The molecule has 30 heavy (non-hydrogen) atoms. The molecule has 0 fully saturated rings. The van der Waals surface area contributed by atoms with Gasteiger partial charge in [-0.15, -0.1) is 6.58 Å². The monoisotopic (exact) mass is 432 g/mol. The van der Waals surface area contributed by atoms with Gasteiger partial charge in [0, 0.05) is 17.5 Å². The Kier molecular flexibility index (Phi) is 4.53. The van der Waals surface area contributed by atoms with Crippen LogP contribution in [0.2, 0.25) is 10.0 Å². The molecule has 2 heterocycles. The second kappa shape index (κ2) is 7.12. The van der Waals surface area contributed by atoms with Gasteiger partial charge in [-0.05, 0) is 31.2 Å². The molecule has 0 saturated carbocycles. The summed E-state index contributed by atoms with van der Waals surface area (Å²) < 4.78 is 6.70. The maximum Gasteiger partial charge on any atom is 0.181 e. The summed E-state index contributed by atoms with van der Waals surface area (Å²) >= 11 is 12.5. The van der Waals surface area contributed by atoms with E-state index in [4.69, 9.17) is 37.9 Å². The second-order valence-corrected chi connectivity index (χ2v) is 8.28. The minimum Gasteiger partial charge on any atom is -0.475 e. The van der Waals surface area contributed by atoms with Crippen molar-refractivity contribution in [3.8, 4) is 17.0 Å². The first-order chi connectivity index (χ1) is 14.5. The topological polar surface area (TPSA) is 35.0 Å². The molecule has 0 saturated heterocycles. The second-order valence-electron chi connectivity index (χ2n) is 7.46. The summed E-state index contributed by atoms with van der Waals surface area (Å²) in [6.45, 7) is 6.04. The quantitative estimate of drug-likeness (QED) is 0.323. The van der Waals surface area contributed by atoms with Crippen LogP contribution in [0.15, 0.2) is 73.3 Å². The van der Waals surface area contributed by atoms with E-state index in [0.29, 0.717) is 27.5 Å². The summed E-state index contributed by atoms with van der Waals surface area (Å²) in [5, 5.41) is 0.899. The zero-order valence-corrected chi connectivity index (χ0v) is 17.8. The van der Waals surface area contributed by atoms with Gasteiger partial charge < -0.3 is 4.74 Å². The molecule has 0 N–H and O–H groups in total. The molecule has 0 spiro atoms. The minimum absolute atomic E-state index is 0.445. The minimum atomic E-state index is -0.839. The number of ether oxygens (including phenoxy) is 1. The number of fused-ring (bicyclic) bond motifs is 4. The van der Waals surface area contributed by atoms with Crippen LogP contribution in [0.25, 0.3) is 22.3 Å². The summed E-state index contributed by atoms with van der Waals surface area (Å²) in [6, 6.07) is 19.7. The predicted octanol–water partition coefficient (Wildman–Crippen LogP) is 7.12. The van der Waals surface area contributed by atoms with Crippen LogP contribution in [0.4, 0.5) is 0 Å². The molecule has 0 bridgehead atoms. The number of benzene rings is 3. The zero-order chi connectivity index (χ0) is 20.9. The van der Waals surface area contributed by atoms with Gasteiger partial charge in [-0.2, -0.15) is 0 Å². The van der Waals surface area contributed by atoms with E-state index in [1.807, 2.05) is 55.5 Å². The van der Waals surface area contributed by atoms with E-state index in [1.54, 1.807) is 12.1 Å². The van der Waals surface area contributed by atoms with Crippen molar-refractivity contribution < 1.29 is 4.74 Å². The van der Waals surface area contributed by atoms with Crippen LogP contribution in [0.1, 0.15) is 23.2 Å². The van der Waals surface area contributed by atoms with E-state index in [-0.39, 0.29) is 0 Å². The number of rotatable bonds is 3. The van der Waals surface area contributed by atoms with Crippen molar-refractivity contribution >= 4 is 34.2 Å². The van der Waals surface area contributed by atoms with Crippen LogP contribution in [0.3, 0.4) is 0 Å². The fraction of sp³-hybridized carbons (Fsp3) is 0.120. The Balaban J connectivity index is 1.91. The van der Waals surface area contributed by atoms with E-state index in [0.717, 1.165) is 33.8 Å². The number of aryl methyl sites for hydroxylation is 1. The summed E-state index contributed by atoms with van der Waals surface area (Å²) in [5.74, 6) is 0.771. The Morgan fingerprint density at radius 1 is 0.967 bits per heavy atom. The molecule has 1 atom stereocenters. The largest absolute Gasteiger partial charge is 0.475 e. The Labute approximate surface area is 185 Å². The van der Waals surface area contributed by atoms with Crippen molar-refractivity contribution in [1.29, 1.82) is 0 Å². The molecule has 0 amide bonds. The molecule has 5 heteroatoms. The Hall–Kier alpha value is -2.88. The zero-order valence-electron chi connectivity index (χ0n) is 16.3. The molecule has 0 aliphatic carbocycles. The summed E-state index contributed by atoms with van der Waals surface area (Å²) in [7, 11) is 0. The van der Waals surface area contributed by atoms with Gasteiger partial charge in [-0.1, -0.05) is 71.2 Å². The third-order valence-corrected chi connectivity index (χ3v) is 6.16. The molecular weight excluding hydrogens is 415 g/mol. The first-order valence-corrected chi connectivity index (χ1v) is 10.4. The summed E-state index contributed by atoms with van der Waals surface area (Å²) in [4.78, 5) is 10.00. The van der Waals surface area contributed by atoms with Gasteiger partial charge in [0.1, 0.15) is 17.1 Å². The van der Waals surface area contributed by atoms with Crippen molar-refractivity contribution in [2.24, 2.45) is 0 Å². The summed E-state index contributed by atoms with van der Waals surface area (Å²) in [6.07, 6.45) is 2.40. The van der Waals surface area contributed by atoms with Crippen LogP contribution >= 0.6 is 23.2 Å². The molecule has 3 nitrogen and oxygen atoms in total. The first-order valence-electron chi connectivity index (χ1n) is 9.65. The maximum atomic E-state index is 6.70. The highest BCUT2D eigenvalue weighted by molar-refractivity contribution is 6.42. The van der Waals surface area contributed by atoms with Crippen molar-refractivity contribution in [1.82, 2.24) is 9.97 Å². The van der Waals surface area contributed by atoms with Crippen molar-refractivity contribution in [3.05, 3.63) is 100 Å². The fourth-order valence-electron chi connectivity index (χ4n) is 4.04. The van der Waals surface area contributed by atoms with E-state index in [1.165, 1.54) is 0 Å². The normalized spacial score (nSPS) is 17.2. The number of aromatic nitrogens is 2. The average Bonchev–Trinajstić information content (AvgIpc) is 2.75. The number of halogens is 2. The molecular formula is C25H18Cl2N2O. The Morgan fingerprint density at radius 3 is 2.37 bits per heavy atom. The standard InChI is InChI=1S/C25H18Cl2N2O/c1-3-11-25(16-7-5-4-6-8-16)24-23(17-12-15(2)9-10-22(17)30-25)28-20-13-18(26)19(27)14-21(20)29-24/h3-10,12-14H,1,11H2,2H3. The maximum absolute atomic E-state index is 6.70. The number of hydrogen-bond acceptors (Lipinski definition) is 3. The lowest BCUT2D eigenvalue weighted by Gasteiger charge is -2.39. The lowest BCUT2D eigenvalue weighted by molar-refractivity contribution is 0.106. The number of hydrogen-bond donors (Lipinski definition) is 0. The van der Waals surface area contributed by atoms with Crippen LogP contribution < -0.4 is 4.74 Å². The molecule has 1 aliphatic heterocycles. The van der Waals surface area contributed by atoms with Crippen LogP contribution in [-0.2, 0) is 5.60 Å². The van der Waals surface area contributed by atoms with Gasteiger partial charge in [-0.3, -0.25) is 0 Å². The molecule has 4 aromatic rings. The molecule has 1 aliphatic rings. The van der Waals surface area contributed by atoms with Gasteiger partial charge in [0.25, 0.3) is 0 Å². The highest BCUT2D eigenvalue weighted by atomic mass is 35.5. The van der Waals surface area contributed by atoms with Gasteiger partial charge in [0.15, 0.2) is 5.60 Å². The Morgan fingerprint density at radius 2 is 1.67 bits per heavy atom. The van der Waals surface area contributed by atoms with Gasteiger partial charge in [-0.25, -0.2) is 9.97 Å². The molecule has 5 rings (SSSR count). The van der Waals surface area contributed by atoms with Crippen LogP contribution in [-0.4, -0.2) is 9.97 Å². The van der Waals surface area contributed by atoms with E-state index < -0.39 is 5.60 Å². The predicted molar refractivity (Wildman–Crippen MR) is 122 cm³/mol. The van der Waals surface area contributed by atoms with Crippen molar-refractivity contribution in [3.63, 3.8) is 0 Å². The van der Waals surface area contributed by atoms with E-state index in [2.05, 4.69) is 12.6 Å². The highest BCUT2D eigenvalue weighted by Gasteiger charge is 2.44. The van der Waals surface area contributed by atoms with Crippen LogP contribution in [0, 0.1) is 6.92 Å². The molecule has 3 aromatic carbocycles. The SMILES string of the molecule is C=CCC1(c2ccccc2)Oc2ccc(C)cc2-c2nc3cc(Cl)c(Cl)cc3nc21. The van der Waals surface area contributed by atoms with E-state index in [9.17, 15) is 0 Å². The van der Waals surface area contributed by atoms with Gasteiger partial charge in [0.05, 0.1) is 21.1 Å². The molecule has 0 radical (unpaired) electrons. The summed E-state index contributed by atoms with van der Waals surface area (Å²) in [5.41, 5.74) is 5.09. The highest BCUT2D eigenvalue weighted by Crippen LogP contribution is 2.49. The lowest BCUT2D eigenvalue weighted by Crippen LogP contribution is -2.38. The average molecular weight is 433 g/mol. The number of nitrogens with zero attached hydrogens (tertiary/aromatic N) is 2. The van der Waals surface area contributed by atoms with Crippen LogP contribution in [0.5, 0.6) is 5.75 Å². The molecule has 148 valence electrons. The first kappa shape index (κ1) is 19.1. The van der Waals surface area contributed by atoms with Gasteiger partial charge in [0.2, 0.25) is 0 Å². The third-order valence-electron chi connectivity index (χ3n) is 5.44. The van der Waals surface area contributed by atoms with E-state index >= 15 is 0 Å². The van der Waals surface area contributed by atoms with Crippen molar-refractivity contribution in [2.45, 2.75) is 18.9 Å². The Bertz CT molecular complexity index is 1300.